The molecule has 7 nitrogen and oxygen atoms in total. The van der Waals surface area contributed by atoms with Crippen LogP contribution in [-0.2, 0) is 0 Å². The number of anilines is 4. The molecule has 0 aliphatic heterocycles. The van der Waals surface area contributed by atoms with Crippen molar-refractivity contribution in [2.24, 2.45) is 0 Å². The number of rotatable bonds is 5. The highest BCUT2D eigenvalue weighted by atomic mass is 32.1. The van der Waals surface area contributed by atoms with Crippen LogP contribution in [-0.4, -0.2) is 20.3 Å². The van der Waals surface area contributed by atoms with E-state index < -0.39 is 0 Å². The number of aryl methyl sites for hydroxylation is 1. The van der Waals surface area contributed by atoms with E-state index in [1.807, 2.05) is 55.7 Å². The molecule has 5 aromatic rings. The van der Waals surface area contributed by atoms with Crippen molar-refractivity contribution in [1.82, 2.24) is 14.4 Å². The second-order valence-corrected chi connectivity index (χ2v) is 8.95. The van der Waals surface area contributed by atoms with E-state index in [0.717, 1.165) is 32.0 Å². The minimum absolute atomic E-state index is 0.197. The van der Waals surface area contributed by atoms with Gasteiger partial charge in [-0.2, -0.15) is 0 Å². The molecule has 31 heavy (non-hydrogen) atoms. The van der Waals surface area contributed by atoms with Gasteiger partial charge in [0, 0.05) is 12.4 Å². The van der Waals surface area contributed by atoms with Gasteiger partial charge in [0.2, 0.25) is 0 Å². The third-order valence-corrected chi connectivity index (χ3v) is 6.63. The number of aromatic nitrogens is 3. The summed E-state index contributed by atoms with van der Waals surface area (Å²) in [4.78, 5) is 23.3. The third-order valence-electron chi connectivity index (χ3n) is 4.71. The molecule has 0 fully saturated rings. The number of thiophene rings is 1. The number of nitrogens with one attached hydrogen (secondary N) is 2. The minimum atomic E-state index is -0.197. The van der Waals surface area contributed by atoms with E-state index in [2.05, 4.69) is 25.0 Å². The van der Waals surface area contributed by atoms with E-state index in [1.54, 1.807) is 29.5 Å². The summed E-state index contributed by atoms with van der Waals surface area (Å²) in [6.45, 7) is 2.00. The van der Waals surface area contributed by atoms with Gasteiger partial charge in [0.05, 0.1) is 37.5 Å². The van der Waals surface area contributed by atoms with E-state index in [4.69, 9.17) is 5.73 Å². The zero-order valence-corrected chi connectivity index (χ0v) is 18.1. The Labute approximate surface area is 186 Å². The molecule has 4 aromatic heterocycles. The molecule has 0 saturated heterocycles. The van der Waals surface area contributed by atoms with E-state index in [1.165, 1.54) is 11.3 Å². The third kappa shape index (κ3) is 3.76. The number of hydrogen-bond acceptors (Lipinski definition) is 7. The lowest BCUT2D eigenvalue weighted by Gasteiger charge is -2.06. The largest absolute Gasteiger partial charge is 0.397 e. The number of thiazole rings is 1. The van der Waals surface area contributed by atoms with Crippen LogP contribution in [0.15, 0.2) is 67.0 Å². The van der Waals surface area contributed by atoms with Crippen molar-refractivity contribution in [3.63, 3.8) is 0 Å². The summed E-state index contributed by atoms with van der Waals surface area (Å²) in [5, 5.41) is 7.73. The Morgan fingerprint density at radius 1 is 1.06 bits per heavy atom. The Bertz CT molecular complexity index is 1400. The van der Waals surface area contributed by atoms with Crippen LogP contribution >= 0.6 is 22.7 Å². The van der Waals surface area contributed by atoms with Crippen LogP contribution in [0.3, 0.4) is 0 Å². The summed E-state index contributed by atoms with van der Waals surface area (Å²) in [6, 6.07) is 16.8. The van der Waals surface area contributed by atoms with Crippen molar-refractivity contribution in [1.29, 1.82) is 0 Å². The Hall–Kier alpha value is -3.69. The molecule has 0 aliphatic carbocycles. The van der Waals surface area contributed by atoms with Gasteiger partial charge in [-0.3, -0.25) is 9.20 Å². The first-order chi connectivity index (χ1) is 15.1. The van der Waals surface area contributed by atoms with E-state index >= 15 is 0 Å². The number of fused-ring (bicyclic) bond motifs is 1. The predicted molar refractivity (Wildman–Crippen MR) is 127 cm³/mol. The van der Waals surface area contributed by atoms with Gasteiger partial charge in [-0.25, -0.2) is 9.97 Å². The number of nitrogens with zero attached hydrogens (tertiary/aromatic N) is 3. The van der Waals surface area contributed by atoms with Crippen LogP contribution in [0.25, 0.3) is 16.2 Å². The number of carbonyl (C=O) groups excluding carboxylic acids is 1. The fourth-order valence-electron chi connectivity index (χ4n) is 3.28. The maximum absolute atomic E-state index is 12.5. The number of amides is 1. The lowest BCUT2D eigenvalue weighted by atomic mass is 10.2. The van der Waals surface area contributed by atoms with Crippen molar-refractivity contribution in [3.05, 3.63) is 77.6 Å². The van der Waals surface area contributed by atoms with Gasteiger partial charge in [0.15, 0.2) is 5.13 Å². The highest BCUT2D eigenvalue weighted by Gasteiger charge is 2.15. The summed E-state index contributed by atoms with van der Waals surface area (Å²) < 4.78 is 2.06. The molecule has 0 unspecified atom stereocenters. The summed E-state index contributed by atoms with van der Waals surface area (Å²) >= 11 is 2.90. The van der Waals surface area contributed by atoms with Gasteiger partial charge in [-0.05, 0) is 43.3 Å². The predicted octanol–water partition coefficient (Wildman–Crippen LogP) is 5.41. The molecule has 154 valence electrons. The monoisotopic (exact) mass is 446 g/mol. The first kappa shape index (κ1) is 19.3. The van der Waals surface area contributed by atoms with Crippen molar-refractivity contribution in [3.8, 4) is 10.6 Å². The molecule has 0 spiro atoms. The highest BCUT2D eigenvalue weighted by molar-refractivity contribution is 7.20. The second-order valence-electron chi connectivity index (χ2n) is 6.83. The molecular formula is C22H18N6OS2. The number of hydrogen-bond donors (Lipinski definition) is 3. The standard InChI is InChI=1S/C22H18N6OS2/c1-13-20(28-11-5-4-8-18(28)25-13)17-12-24-22(31-17)27-19-10-9-16(30-19)21(29)26-15-7-3-2-6-14(15)23/h2-12H,23H2,1H3,(H,24,27)(H,26,29). The number of benzene rings is 1. The summed E-state index contributed by atoms with van der Waals surface area (Å²) in [6.07, 6.45) is 3.84. The average molecular weight is 447 g/mol. The van der Waals surface area contributed by atoms with E-state index in [-0.39, 0.29) is 5.91 Å². The van der Waals surface area contributed by atoms with Crippen LogP contribution in [0.2, 0.25) is 0 Å². The number of pyridine rings is 1. The van der Waals surface area contributed by atoms with Crippen LogP contribution < -0.4 is 16.4 Å². The molecule has 4 heterocycles. The van der Waals surface area contributed by atoms with Gasteiger partial charge in [0.1, 0.15) is 5.65 Å². The Balaban J connectivity index is 1.33. The van der Waals surface area contributed by atoms with Crippen LogP contribution in [0.5, 0.6) is 0 Å². The van der Waals surface area contributed by atoms with Crippen molar-refractivity contribution in [2.45, 2.75) is 6.92 Å². The van der Waals surface area contributed by atoms with Crippen molar-refractivity contribution >= 4 is 55.7 Å². The minimum Gasteiger partial charge on any atom is -0.397 e. The van der Waals surface area contributed by atoms with Crippen LogP contribution in [0, 0.1) is 6.92 Å². The van der Waals surface area contributed by atoms with Gasteiger partial charge < -0.3 is 16.4 Å². The fraction of sp³-hybridized carbons (Fsp3) is 0.0455. The maximum atomic E-state index is 12.5. The van der Waals surface area contributed by atoms with E-state index in [0.29, 0.717) is 16.3 Å². The molecule has 1 amide bonds. The van der Waals surface area contributed by atoms with E-state index in [9.17, 15) is 4.79 Å². The molecule has 4 N–H and O–H groups in total. The molecule has 0 bridgehead atoms. The molecule has 0 atom stereocenters. The van der Waals surface area contributed by atoms with Gasteiger partial charge >= 0.3 is 0 Å². The summed E-state index contributed by atoms with van der Waals surface area (Å²) in [5.41, 5.74) is 9.94. The molecule has 1 aromatic carbocycles. The molecule has 0 saturated carbocycles. The quantitative estimate of drug-likeness (QED) is 0.314. The lowest BCUT2D eigenvalue weighted by Crippen LogP contribution is -2.11. The number of nitrogen functional groups attached to an aromatic ring is 1. The number of imidazole rings is 1. The Kier molecular flexibility index (Phi) is 4.89. The topological polar surface area (TPSA) is 97.3 Å². The highest BCUT2D eigenvalue weighted by Crippen LogP contribution is 2.34. The number of nitrogens with two attached hydrogens (primary N) is 1. The number of para-hydroxylation sites is 2. The first-order valence-corrected chi connectivity index (χ1v) is 11.1. The van der Waals surface area contributed by atoms with Gasteiger partial charge in [0.25, 0.3) is 5.91 Å². The molecule has 0 radical (unpaired) electrons. The zero-order valence-electron chi connectivity index (χ0n) is 16.5. The fourth-order valence-corrected chi connectivity index (χ4v) is 5.07. The Morgan fingerprint density at radius 3 is 2.77 bits per heavy atom. The summed E-state index contributed by atoms with van der Waals surface area (Å²) in [7, 11) is 0. The first-order valence-electron chi connectivity index (χ1n) is 9.51. The zero-order chi connectivity index (χ0) is 21.4. The van der Waals surface area contributed by atoms with Crippen molar-refractivity contribution < 1.29 is 4.79 Å². The smallest absolute Gasteiger partial charge is 0.265 e. The van der Waals surface area contributed by atoms with Crippen molar-refractivity contribution in [2.75, 3.05) is 16.4 Å². The lowest BCUT2D eigenvalue weighted by molar-refractivity contribution is 0.103. The molecular weight excluding hydrogens is 428 g/mol. The Morgan fingerprint density at radius 2 is 1.90 bits per heavy atom. The molecule has 5 rings (SSSR count). The van der Waals surface area contributed by atoms with Gasteiger partial charge in [-0.15, -0.1) is 11.3 Å². The maximum Gasteiger partial charge on any atom is 0.265 e. The SMILES string of the molecule is Cc1nc2ccccn2c1-c1cnc(Nc2ccc(C(=O)Nc3ccccc3N)s2)s1. The summed E-state index contributed by atoms with van der Waals surface area (Å²) in [5.74, 6) is -0.197. The molecule has 9 heteroatoms. The van der Waals surface area contributed by atoms with Gasteiger partial charge in [-0.1, -0.05) is 29.5 Å². The van der Waals surface area contributed by atoms with Crippen LogP contribution in [0.1, 0.15) is 15.4 Å². The second kappa shape index (κ2) is 7.86. The average Bonchev–Trinajstić information content (AvgIpc) is 3.48. The number of carbonyl (C=O) groups is 1. The van der Waals surface area contributed by atoms with Crippen LogP contribution in [0.4, 0.5) is 21.5 Å². The molecule has 0 aliphatic rings. The normalized spacial score (nSPS) is 11.0.